The van der Waals surface area contributed by atoms with Gasteiger partial charge in [0.05, 0.1) is 0 Å². The Hall–Kier alpha value is -0.450. The third-order valence-electron chi connectivity index (χ3n) is 1.66. The second kappa shape index (κ2) is 2.89. The van der Waals surface area contributed by atoms with Crippen molar-refractivity contribution in [2.24, 2.45) is 0 Å². The zero-order valence-corrected chi connectivity index (χ0v) is 8.53. The fourth-order valence-electron chi connectivity index (χ4n) is 1.13. The Morgan fingerprint density at radius 2 is 2.18 bits per heavy atom. The van der Waals surface area contributed by atoms with E-state index in [1.807, 2.05) is 12.1 Å². The first-order chi connectivity index (χ1) is 5.42. The number of fused-ring (bicyclic) bond motifs is 1. The molecule has 0 unspecified atom stereocenters. The van der Waals surface area contributed by atoms with Gasteiger partial charge in [-0.1, -0.05) is 0 Å². The first-order valence-corrected chi connectivity index (χ1v) is 5.93. The molecule has 0 amide bonds. The standard InChI is InChI=1S/C9H8OTe/c1-10-8-4-2-3-7-5-6-11-9(7)8/h2-6H,1H3. The fraction of sp³-hybridized carbons (Fsp3) is 0.111. The van der Waals surface area contributed by atoms with Crippen LogP contribution in [0.1, 0.15) is 0 Å². The zero-order valence-electron chi connectivity index (χ0n) is 6.20. The molecule has 0 spiro atoms. The van der Waals surface area contributed by atoms with E-state index in [0.717, 1.165) is 5.75 Å². The molecule has 0 saturated heterocycles. The van der Waals surface area contributed by atoms with Crippen LogP contribution in [0.15, 0.2) is 28.3 Å². The van der Waals surface area contributed by atoms with Crippen LogP contribution in [0.5, 0.6) is 5.75 Å². The molecular formula is C9H8OTe. The molecule has 1 heterocycles. The minimum absolute atomic E-state index is 0.0792. The molecule has 2 aromatic rings. The van der Waals surface area contributed by atoms with E-state index in [2.05, 4.69) is 16.2 Å². The Kier molecular flexibility index (Phi) is 1.89. The summed E-state index contributed by atoms with van der Waals surface area (Å²) >= 11 is -0.0792. The number of benzene rings is 1. The average Bonchev–Trinajstić information content (AvgIpc) is 2.50. The molecule has 11 heavy (non-hydrogen) atoms. The molecule has 0 N–H and O–H groups in total. The number of rotatable bonds is 1. The monoisotopic (exact) mass is 262 g/mol. The summed E-state index contributed by atoms with van der Waals surface area (Å²) in [6.07, 6.45) is 0. The molecule has 0 aliphatic heterocycles. The summed E-state index contributed by atoms with van der Waals surface area (Å²) in [4.78, 5) is 0. The quantitative estimate of drug-likeness (QED) is 0.711. The van der Waals surface area contributed by atoms with Gasteiger partial charge in [-0.25, -0.2) is 0 Å². The van der Waals surface area contributed by atoms with Gasteiger partial charge in [-0.2, -0.15) is 0 Å². The SMILES string of the molecule is COc1cccc2cc[te]c12. The van der Waals surface area contributed by atoms with E-state index in [1.165, 1.54) is 8.79 Å². The maximum atomic E-state index is 5.25. The molecule has 0 radical (unpaired) electrons. The van der Waals surface area contributed by atoms with Crippen molar-refractivity contribution < 1.29 is 4.74 Å². The van der Waals surface area contributed by atoms with Gasteiger partial charge in [-0.3, -0.25) is 0 Å². The van der Waals surface area contributed by atoms with E-state index in [4.69, 9.17) is 4.74 Å². The van der Waals surface area contributed by atoms with Gasteiger partial charge in [-0.05, 0) is 0 Å². The summed E-state index contributed by atoms with van der Waals surface area (Å²) in [6, 6.07) is 8.42. The second-order valence-corrected chi connectivity index (χ2v) is 4.91. The predicted molar refractivity (Wildman–Crippen MR) is 47.4 cm³/mol. The van der Waals surface area contributed by atoms with Crippen LogP contribution in [0, 0.1) is 0 Å². The summed E-state index contributed by atoms with van der Waals surface area (Å²) in [5.41, 5.74) is 0. The van der Waals surface area contributed by atoms with Crippen molar-refractivity contribution in [3.63, 3.8) is 0 Å². The zero-order chi connectivity index (χ0) is 7.68. The van der Waals surface area contributed by atoms with Crippen LogP contribution in [0.25, 0.3) is 8.79 Å². The molecular weight excluding hydrogens is 252 g/mol. The third kappa shape index (κ3) is 1.17. The van der Waals surface area contributed by atoms with Gasteiger partial charge < -0.3 is 0 Å². The van der Waals surface area contributed by atoms with Crippen LogP contribution in [0.4, 0.5) is 0 Å². The van der Waals surface area contributed by atoms with E-state index in [0.29, 0.717) is 0 Å². The maximum absolute atomic E-state index is 5.25. The van der Waals surface area contributed by atoms with E-state index in [1.54, 1.807) is 7.11 Å². The number of hydrogen-bond acceptors (Lipinski definition) is 1. The van der Waals surface area contributed by atoms with Crippen molar-refractivity contribution in [3.05, 3.63) is 28.3 Å². The average molecular weight is 260 g/mol. The van der Waals surface area contributed by atoms with Gasteiger partial charge in [0.15, 0.2) is 0 Å². The first-order valence-electron chi connectivity index (χ1n) is 3.42. The number of methoxy groups -OCH3 is 1. The normalized spacial score (nSPS) is 10.3. The van der Waals surface area contributed by atoms with Crippen LogP contribution in [0.3, 0.4) is 0 Å². The molecule has 2 rings (SSSR count). The van der Waals surface area contributed by atoms with Gasteiger partial charge in [0.1, 0.15) is 0 Å². The molecule has 1 nitrogen and oxygen atoms in total. The molecule has 0 bridgehead atoms. The Bertz CT molecular complexity index is 364. The van der Waals surface area contributed by atoms with Gasteiger partial charge in [0, 0.05) is 0 Å². The molecule has 0 fully saturated rings. The fourth-order valence-corrected chi connectivity index (χ4v) is 3.67. The summed E-state index contributed by atoms with van der Waals surface area (Å²) < 4.78 is 8.98. The van der Waals surface area contributed by atoms with E-state index < -0.39 is 0 Å². The van der Waals surface area contributed by atoms with Crippen molar-refractivity contribution in [3.8, 4) is 5.75 Å². The summed E-state index contributed by atoms with van der Waals surface area (Å²) in [5, 5.41) is 1.35. The van der Waals surface area contributed by atoms with Crippen LogP contribution >= 0.6 is 0 Å². The van der Waals surface area contributed by atoms with E-state index in [-0.39, 0.29) is 20.4 Å². The first kappa shape index (κ1) is 7.21. The number of ether oxygens (including phenoxy) is 1. The van der Waals surface area contributed by atoms with Crippen molar-refractivity contribution in [2.45, 2.75) is 0 Å². The molecule has 0 aliphatic rings. The summed E-state index contributed by atoms with van der Waals surface area (Å²) in [5.74, 6) is 1.06. The molecule has 1 aromatic carbocycles. The predicted octanol–water partition coefficient (Wildman–Crippen LogP) is 1.91. The second-order valence-electron chi connectivity index (χ2n) is 2.30. The molecule has 0 atom stereocenters. The van der Waals surface area contributed by atoms with Crippen molar-refractivity contribution >= 4 is 29.2 Å². The third-order valence-corrected chi connectivity index (χ3v) is 4.36. The Morgan fingerprint density at radius 3 is 3.00 bits per heavy atom. The topological polar surface area (TPSA) is 9.23 Å². The van der Waals surface area contributed by atoms with Gasteiger partial charge in [0.2, 0.25) is 0 Å². The van der Waals surface area contributed by atoms with Crippen LogP contribution in [0.2, 0.25) is 0 Å². The van der Waals surface area contributed by atoms with Crippen molar-refractivity contribution in [2.75, 3.05) is 7.11 Å². The van der Waals surface area contributed by atoms with Gasteiger partial charge >= 0.3 is 75.2 Å². The summed E-state index contributed by atoms with van der Waals surface area (Å²) in [6.45, 7) is 0. The Balaban J connectivity index is 2.79. The molecule has 2 heteroatoms. The molecule has 0 saturated carbocycles. The van der Waals surface area contributed by atoms with Gasteiger partial charge in [0.25, 0.3) is 0 Å². The van der Waals surface area contributed by atoms with Crippen LogP contribution in [-0.4, -0.2) is 27.5 Å². The van der Waals surface area contributed by atoms with Crippen LogP contribution < -0.4 is 4.74 Å². The molecule has 56 valence electrons. The molecule has 0 aliphatic carbocycles. The van der Waals surface area contributed by atoms with Crippen LogP contribution in [-0.2, 0) is 0 Å². The van der Waals surface area contributed by atoms with E-state index >= 15 is 0 Å². The van der Waals surface area contributed by atoms with Crippen molar-refractivity contribution in [1.29, 1.82) is 0 Å². The Labute approximate surface area is 75.2 Å². The van der Waals surface area contributed by atoms with Gasteiger partial charge in [-0.15, -0.1) is 0 Å². The summed E-state index contributed by atoms with van der Waals surface area (Å²) in [7, 11) is 1.74. The molecule has 1 aromatic heterocycles. The minimum atomic E-state index is -0.0792. The number of hydrogen-bond donors (Lipinski definition) is 0. The Morgan fingerprint density at radius 1 is 1.27 bits per heavy atom. The van der Waals surface area contributed by atoms with Crippen molar-refractivity contribution in [1.82, 2.24) is 0 Å². The van der Waals surface area contributed by atoms with E-state index in [9.17, 15) is 0 Å².